The summed E-state index contributed by atoms with van der Waals surface area (Å²) < 4.78 is 11.8. The molecule has 0 aromatic rings. The van der Waals surface area contributed by atoms with Crippen LogP contribution in [0.25, 0.3) is 0 Å². The Balaban J connectivity index is 0.000000810. The average molecular weight is 172 g/mol. The summed E-state index contributed by atoms with van der Waals surface area (Å²) in [5.74, 6) is 0. The Morgan fingerprint density at radius 2 is 2.10 bits per heavy atom. The van der Waals surface area contributed by atoms with Crippen LogP contribution in [0, 0.1) is 0 Å². The fraction of sp³-hybridized carbons (Fsp3) is 1.00. The van der Waals surface area contributed by atoms with E-state index >= 15 is 0 Å². The zero-order valence-electron chi connectivity index (χ0n) is 5.33. The minimum absolute atomic E-state index is 0. The quantitative estimate of drug-likeness (QED) is 0.478. The Morgan fingerprint density at radius 1 is 1.50 bits per heavy atom. The van der Waals surface area contributed by atoms with Gasteiger partial charge in [0.15, 0.2) is 0 Å². The van der Waals surface area contributed by atoms with Crippen molar-refractivity contribution in [1.82, 2.24) is 5.32 Å². The molecule has 1 aliphatic rings. The number of rotatable bonds is 1. The summed E-state index contributed by atoms with van der Waals surface area (Å²) >= 11 is 0. The molecule has 5 heteroatoms. The second-order valence-electron chi connectivity index (χ2n) is 2.23. The summed E-state index contributed by atoms with van der Waals surface area (Å²) in [6.07, 6.45) is -1.74. The first-order valence-electron chi connectivity index (χ1n) is 2.91. The Labute approximate surface area is 64.7 Å². The van der Waals surface area contributed by atoms with Gasteiger partial charge in [-0.1, -0.05) is 0 Å². The Kier molecular flexibility index (Phi) is 4.12. The summed E-state index contributed by atoms with van der Waals surface area (Å²) in [5.41, 5.74) is 0. The van der Waals surface area contributed by atoms with Gasteiger partial charge in [-0.25, -0.2) is 4.39 Å². The summed E-state index contributed by atoms with van der Waals surface area (Å²) in [4.78, 5) is 0. The molecule has 0 aromatic carbocycles. The summed E-state index contributed by atoms with van der Waals surface area (Å²) in [6, 6.07) is -0.569. The van der Waals surface area contributed by atoms with E-state index < -0.39 is 24.9 Å². The molecule has 1 fully saturated rings. The smallest absolute Gasteiger partial charge is 0.107 e. The van der Waals surface area contributed by atoms with E-state index in [4.69, 9.17) is 10.2 Å². The molecule has 0 radical (unpaired) electrons. The Hall–Kier alpha value is 0.1000. The van der Waals surface area contributed by atoms with Crippen molar-refractivity contribution in [1.29, 1.82) is 0 Å². The first-order valence-corrected chi connectivity index (χ1v) is 2.91. The van der Waals surface area contributed by atoms with Crippen molar-refractivity contribution in [3.8, 4) is 0 Å². The van der Waals surface area contributed by atoms with Crippen molar-refractivity contribution < 1.29 is 14.6 Å². The van der Waals surface area contributed by atoms with E-state index in [9.17, 15) is 4.39 Å². The number of hydrogen-bond acceptors (Lipinski definition) is 3. The number of halogens is 2. The zero-order chi connectivity index (χ0) is 6.85. The third kappa shape index (κ3) is 1.79. The van der Waals surface area contributed by atoms with Crippen LogP contribution in [0.3, 0.4) is 0 Å². The molecule has 3 N–H and O–H groups in total. The lowest BCUT2D eigenvalue weighted by Gasteiger charge is -2.10. The molecule has 0 saturated carbocycles. The lowest BCUT2D eigenvalue weighted by atomic mass is 10.2. The molecule has 0 aliphatic carbocycles. The highest BCUT2D eigenvalue weighted by Gasteiger charge is 2.32. The normalized spacial score (nSPS) is 39.3. The fourth-order valence-corrected chi connectivity index (χ4v) is 0.928. The van der Waals surface area contributed by atoms with Crippen molar-refractivity contribution in [2.75, 3.05) is 13.2 Å². The van der Waals surface area contributed by atoms with Gasteiger partial charge in [0, 0.05) is 6.54 Å². The van der Waals surface area contributed by atoms with E-state index in [-0.39, 0.29) is 19.0 Å². The third-order valence-corrected chi connectivity index (χ3v) is 1.56. The van der Waals surface area contributed by atoms with Crippen LogP contribution in [0.15, 0.2) is 0 Å². The predicted octanol–water partition coefficient (Wildman–Crippen LogP) is -0.929. The second kappa shape index (κ2) is 4.08. The number of β-amino-alcohol motifs (C(OH)–C–C–N with tert-alkyl or cyclic N) is 1. The molecule has 0 unspecified atom stereocenters. The van der Waals surface area contributed by atoms with Crippen molar-refractivity contribution in [3.63, 3.8) is 0 Å². The fourth-order valence-electron chi connectivity index (χ4n) is 0.928. The van der Waals surface area contributed by atoms with E-state index in [0.717, 1.165) is 0 Å². The summed E-state index contributed by atoms with van der Waals surface area (Å²) in [5, 5.41) is 20.4. The SMILES string of the molecule is Cl.O[C@@H]1[C@H](O)CN[C@H]1CF. The van der Waals surface area contributed by atoms with Crippen LogP contribution in [-0.4, -0.2) is 41.7 Å². The van der Waals surface area contributed by atoms with E-state index in [1.54, 1.807) is 0 Å². The number of aliphatic hydroxyl groups is 2. The number of nitrogens with one attached hydrogen (secondary N) is 1. The van der Waals surface area contributed by atoms with Crippen LogP contribution in [0.5, 0.6) is 0 Å². The summed E-state index contributed by atoms with van der Waals surface area (Å²) in [7, 11) is 0. The van der Waals surface area contributed by atoms with Gasteiger partial charge in [0.1, 0.15) is 6.67 Å². The van der Waals surface area contributed by atoms with Crippen LogP contribution >= 0.6 is 12.4 Å². The molecule has 0 spiro atoms. The monoisotopic (exact) mass is 171 g/mol. The number of alkyl halides is 1. The molecule has 10 heavy (non-hydrogen) atoms. The molecule has 1 saturated heterocycles. The first kappa shape index (κ1) is 10.1. The maximum Gasteiger partial charge on any atom is 0.107 e. The van der Waals surface area contributed by atoms with Gasteiger partial charge < -0.3 is 15.5 Å². The third-order valence-electron chi connectivity index (χ3n) is 1.56. The predicted molar refractivity (Wildman–Crippen MR) is 37.0 cm³/mol. The van der Waals surface area contributed by atoms with Crippen molar-refractivity contribution >= 4 is 12.4 Å². The topological polar surface area (TPSA) is 52.5 Å². The molecule has 1 aliphatic heterocycles. The van der Waals surface area contributed by atoms with Crippen LogP contribution in [0.2, 0.25) is 0 Å². The molecule has 0 aromatic heterocycles. The number of aliphatic hydroxyl groups excluding tert-OH is 2. The van der Waals surface area contributed by atoms with Gasteiger partial charge in [0.05, 0.1) is 18.2 Å². The van der Waals surface area contributed by atoms with Gasteiger partial charge in [-0.15, -0.1) is 12.4 Å². The molecule has 3 atom stereocenters. The van der Waals surface area contributed by atoms with E-state index in [1.807, 2.05) is 0 Å². The Morgan fingerprint density at radius 3 is 2.30 bits per heavy atom. The van der Waals surface area contributed by atoms with Crippen LogP contribution < -0.4 is 5.32 Å². The van der Waals surface area contributed by atoms with Crippen LogP contribution in [0.1, 0.15) is 0 Å². The van der Waals surface area contributed by atoms with E-state index in [1.165, 1.54) is 0 Å². The summed E-state index contributed by atoms with van der Waals surface area (Å²) in [6.45, 7) is -0.339. The van der Waals surface area contributed by atoms with Gasteiger partial charge in [-0.2, -0.15) is 0 Å². The average Bonchev–Trinajstić information content (AvgIpc) is 2.15. The molecule has 1 rings (SSSR count). The molecular formula is C5H11ClFNO2. The highest BCUT2D eigenvalue weighted by Crippen LogP contribution is 2.07. The molecule has 0 amide bonds. The van der Waals surface area contributed by atoms with E-state index in [0.29, 0.717) is 0 Å². The minimum atomic E-state index is -0.935. The van der Waals surface area contributed by atoms with Gasteiger partial charge in [-0.3, -0.25) is 0 Å². The highest BCUT2D eigenvalue weighted by atomic mass is 35.5. The van der Waals surface area contributed by atoms with E-state index in [2.05, 4.69) is 5.32 Å². The van der Waals surface area contributed by atoms with Gasteiger partial charge in [-0.05, 0) is 0 Å². The lowest BCUT2D eigenvalue weighted by molar-refractivity contribution is 0.0365. The second-order valence-corrected chi connectivity index (χ2v) is 2.23. The first-order chi connectivity index (χ1) is 4.25. The van der Waals surface area contributed by atoms with Crippen LogP contribution in [0.4, 0.5) is 4.39 Å². The number of hydrogen-bond donors (Lipinski definition) is 3. The van der Waals surface area contributed by atoms with Crippen molar-refractivity contribution in [2.24, 2.45) is 0 Å². The molecule has 1 heterocycles. The molecular weight excluding hydrogens is 161 g/mol. The largest absolute Gasteiger partial charge is 0.389 e. The molecule has 62 valence electrons. The van der Waals surface area contributed by atoms with Crippen LogP contribution in [-0.2, 0) is 0 Å². The lowest BCUT2D eigenvalue weighted by Crippen LogP contribution is -2.34. The van der Waals surface area contributed by atoms with Crippen molar-refractivity contribution in [3.05, 3.63) is 0 Å². The maximum absolute atomic E-state index is 11.8. The van der Waals surface area contributed by atoms with Gasteiger partial charge in [0.25, 0.3) is 0 Å². The Bertz CT molecular complexity index is 106. The minimum Gasteiger partial charge on any atom is -0.389 e. The highest BCUT2D eigenvalue weighted by molar-refractivity contribution is 5.85. The van der Waals surface area contributed by atoms with Gasteiger partial charge >= 0.3 is 0 Å². The molecule has 3 nitrogen and oxygen atoms in total. The maximum atomic E-state index is 11.8. The van der Waals surface area contributed by atoms with Crippen molar-refractivity contribution in [2.45, 2.75) is 18.2 Å². The van der Waals surface area contributed by atoms with Gasteiger partial charge in [0.2, 0.25) is 0 Å². The zero-order valence-corrected chi connectivity index (χ0v) is 6.14. The molecule has 0 bridgehead atoms. The standard InChI is InChI=1S/C5H10FNO2.ClH/c6-1-3-5(9)4(8)2-7-3;/h3-5,7-9H,1-2H2;1H/t3-,4+,5-;/m0./s1.